The Bertz CT molecular complexity index is 103. The van der Waals surface area contributed by atoms with Crippen LogP contribution in [0.15, 0.2) is 0 Å². The molecule has 2 atom stereocenters. The van der Waals surface area contributed by atoms with Crippen LogP contribution in [0.5, 0.6) is 0 Å². The first-order chi connectivity index (χ1) is 4.09. The lowest BCUT2D eigenvalue weighted by Gasteiger charge is -2.11. The molecule has 0 aliphatic rings. The molecule has 3 heteroatoms. The standard InChI is InChI=1S/C6H13NO2/c1-3-4(2)5(8)6(7)9/h4-5,8H,3H2,1-2H3,(H2,7,9)/t4-,5?/m0/s1. The molecule has 9 heavy (non-hydrogen) atoms. The van der Waals surface area contributed by atoms with Gasteiger partial charge in [-0.3, -0.25) is 4.79 Å². The van der Waals surface area contributed by atoms with Gasteiger partial charge in [0.1, 0.15) is 6.10 Å². The molecule has 0 spiro atoms. The highest BCUT2D eigenvalue weighted by Gasteiger charge is 2.16. The lowest BCUT2D eigenvalue weighted by molar-refractivity contribution is -0.128. The SMILES string of the molecule is CC[C@H](C)C(O)C(N)=O. The maximum atomic E-state index is 10.3. The number of carbonyl (C=O) groups excluding carboxylic acids is 1. The Balaban J connectivity index is 3.72. The summed E-state index contributed by atoms with van der Waals surface area (Å²) < 4.78 is 0. The first-order valence-corrected chi connectivity index (χ1v) is 3.07. The molecule has 0 rings (SSSR count). The fraction of sp³-hybridized carbons (Fsp3) is 0.833. The largest absolute Gasteiger partial charge is 0.383 e. The van der Waals surface area contributed by atoms with Gasteiger partial charge in [0.15, 0.2) is 0 Å². The highest BCUT2D eigenvalue weighted by atomic mass is 16.3. The summed E-state index contributed by atoms with van der Waals surface area (Å²) in [6.45, 7) is 3.69. The Morgan fingerprint density at radius 3 is 2.33 bits per heavy atom. The molecule has 0 saturated carbocycles. The van der Waals surface area contributed by atoms with Crippen molar-refractivity contribution >= 4 is 5.91 Å². The molecule has 1 unspecified atom stereocenters. The predicted octanol–water partition coefficient (Wildman–Crippen LogP) is -0.121. The Labute approximate surface area is 54.9 Å². The van der Waals surface area contributed by atoms with Gasteiger partial charge in [0, 0.05) is 0 Å². The maximum absolute atomic E-state index is 10.3. The summed E-state index contributed by atoms with van der Waals surface area (Å²) in [5.74, 6) is -0.660. The number of nitrogens with two attached hydrogens (primary N) is 1. The van der Waals surface area contributed by atoms with E-state index in [9.17, 15) is 4.79 Å². The molecule has 0 fully saturated rings. The van der Waals surface area contributed by atoms with E-state index < -0.39 is 12.0 Å². The molecule has 0 bridgehead atoms. The summed E-state index contributed by atoms with van der Waals surface area (Å²) in [5.41, 5.74) is 4.82. The van der Waals surface area contributed by atoms with E-state index in [0.717, 1.165) is 6.42 Å². The van der Waals surface area contributed by atoms with E-state index in [1.54, 1.807) is 6.92 Å². The van der Waals surface area contributed by atoms with Gasteiger partial charge in [-0.05, 0) is 5.92 Å². The van der Waals surface area contributed by atoms with Crippen molar-refractivity contribution in [3.05, 3.63) is 0 Å². The van der Waals surface area contributed by atoms with Crippen LogP contribution in [0.2, 0.25) is 0 Å². The second-order valence-electron chi connectivity index (χ2n) is 2.23. The highest BCUT2D eigenvalue weighted by molar-refractivity contribution is 5.78. The zero-order valence-corrected chi connectivity index (χ0v) is 5.79. The second kappa shape index (κ2) is 3.45. The Hall–Kier alpha value is -0.570. The molecule has 0 aromatic carbocycles. The lowest BCUT2D eigenvalue weighted by Crippen LogP contribution is -2.33. The van der Waals surface area contributed by atoms with Crippen molar-refractivity contribution < 1.29 is 9.90 Å². The number of amides is 1. The number of carbonyl (C=O) groups is 1. The van der Waals surface area contributed by atoms with Gasteiger partial charge in [-0.1, -0.05) is 20.3 Å². The predicted molar refractivity (Wildman–Crippen MR) is 34.7 cm³/mol. The molecule has 54 valence electrons. The molecule has 0 radical (unpaired) electrons. The summed E-state index contributed by atoms with van der Waals surface area (Å²) in [6.07, 6.45) is -0.209. The minimum absolute atomic E-state index is 0.0255. The molecular formula is C6H13NO2. The van der Waals surface area contributed by atoms with Crippen LogP contribution in [0.4, 0.5) is 0 Å². The highest BCUT2D eigenvalue weighted by Crippen LogP contribution is 2.05. The monoisotopic (exact) mass is 131 g/mol. The third-order valence-electron chi connectivity index (χ3n) is 1.47. The van der Waals surface area contributed by atoms with E-state index >= 15 is 0 Å². The van der Waals surface area contributed by atoms with Crippen LogP contribution in [-0.2, 0) is 4.79 Å². The molecule has 0 saturated heterocycles. The van der Waals surface area contributed by atoms with Gasteiger partial charge in [-0.25, -0.2) is 0 Å². The first-order valence-electron chi connectivity index (χ1n) is 3.07. The summed E-state index contributed by atoms with van der Waals surface area (Å²) in [4.78, 5) is 10.3. The molecule has 0 aromatic heterocycles. The number of hydrogen-bond acceptors (Lipinski definition) is 2. The fourth-order valence-corrected chi connectivity index (χ4v) is 0.504. The van der Waals surface area contributed by atoms with Gasteiger partial charge >= 0.3 is 0 Å². The molecular weight excluding hydrogens is 118 g/mol. The number of primary amides is 1. The molecule has 3 nitrogen and oxygen atoms in total. The number of hydrogen-bond donors (Lipinski definition) is 2. The van der Waals surface area contributed by atoms with Gasteiger partial charge in [0.05, 0.1) is 0 Å². The van der Waals surface area contributed by atoms with Crippen molar-refractivity contribution in [2.45, 2.75) is 26.4 Å². The lowest BCUT2D eigenvalue weighted by atomic mass is 10.0. The van der Waals surface area contributed by atoms with E-state index in [1.165, 1.54) is 0 Å². The minimum Gasteiger partial charge on any atom is -0.383 e. The van der Waals surface area contributed by atoms with Crippen LogP contribution in [0.1, 0.15) is 20.3 Å². The van der Waals surface area contributed by atoms with E-state index in [2.05, 4.69) is 0 Å². The normalized spacial score (nSPS) is 16.8. The van der Waals surface area contributed by atoms with Crippen molar-refractivity contribution in [2.24, 2.45) is 11.7 Å². The van der Waals surface area contributed by atoms with Gasteiger partial charge in [-0.15, -0.1) is 0 Å². The fourth-order valence-electron chi connectivity index (χ4n) is 0.504. The van der Waals surface area contributed by atoms with E-state index in [-0.39, 0.29) is 5.92 Å². The first kappa shape index (κ1) is 8.43. The zero-order valence-electron chi connectivity index (χ0n) is 5.79. The van der Waals surface area contributed by atoms with Crippen LogP contribution in [0.25, 0.3) is 0 Å². The Kier molecular flexibility index (Phi) is 3.24. The number of rotatable bonds is 3. The van der Waals surface area contributed by atoms with Crippen LogP contribution >= 0.6 is 0 Å². The topological polar surface area (TPSA) is 63.3 Å². The number of aliphatic hydroxyl groups excluding tert-OH is 1. The third-order valence-corrected chi connectivity index (χ3v) is 1.47. The maximum Gasteiger partial charge on any atom is 0.246 e. The van der Waals surface area contributed by atoms with E-state index in [0.29, 0.717) is 0 Å². The average molecular weight is 131 g/mol. The van der Waals surface area contributed by atoms with Gasteiger partial charge in [0.2, 0.25) is 5.91 Å². The van der Waals surface area contributed by atoms with Crippen LogP contribution < -0.4 is 5.73 Å². The quantitative estimate of drug-likeness (QED) is 0.560. The average Bonchev–Trinajstić information content (AvgIpc) is 1.84. The Morgan fingerprint density at radius 2 is 2.22 bits per heavy atom. The van der Waals surface area contributed by atoms with E-state index in [1.807, 2.05) is 6.92 Å². The van der Waals surface area contributed by atoms with Crippen molar-refractivity contribution in [3.8, 4) is 0 Å². The molecule has 0 aromatic rings. The molecule has 0 heterocycles. The summed E-state index contributed by atoms with van der Waals surface area (Å²) >= 11 is 0. The van der Waals surface area contributed by atoms with Crippen molar-refractivity contribution in [1.29, 1.82) is 0 Å². The minimum atomic E-state index is -0.977. The summed E-state index contributed by atoms with van der Waals surface area (Å²) in [7, 11) is 0. The van der Waals surface area contributed by atoms with Gasteiger partial charge < -0.3 is 10.8 Å². The van der Waals surface area contributed by atoms with Crippen LogP contribution in [0.3, 0.4) is 0 Å². The third kappa shape index (κ3) is 2.46. The van der Waals surface area contributed by atoms with E-state index in [4.69, 9.17) is 10.8 Å². The molecule has 1 amide bonds. The molecule has 0 aliphatic heterocycles. The van der Waals surface area contributed by atoms with Gasteiger partial charge in [0.25, 0.3) is 0 Å². The Morgan fingerprint density at radius 1 is 1.78 bits per heavy atom. The van der Waals surface area contributed by atoms with Crippen molar-refractivity contribution in [2.75, 3.05) is 0 Å². The summed E-state index contributed by atoms with van der Waals surface area (Å²) in [5, 5.41) is 8.92. The van der Waals surface area contributed by atoms with Crippen LogP contribution in [-0.4, -0.2) is 17.1 Å². The second-order valence-corrected chi connectivity index (χ2v) is 2.23. The molecule has 0 aliphatic carbocycles. The van der Waals surface area contributed by atoms with Crippen LogP contribution in [0, 0.1) is 5.92 Å². The van der Waals surface area contributed by atoms with Gasteiger partial charge in [-0.2, -0.15) is 0 Å². The smallest absolute Gasteiger partial charge is 0.246 e. The summed E-state index contributed by atoms with van der Waals surface area (Å²) in [6, 6.07) is 0. The van der Waals surface area contributed by atoms with Crippen molar-refractivity contribution in [1.82, 2.24) is 0 Å². The van der Waals surface area contributed by atoms with Crippen molar-refractivity contribution in [3.63, 3.8) is 0 Å². The number of aliphatic hydroxyl groups is 1. The zero-order chi connectivity index (χ0) is 7.44. The molecule has 3 N–H and O–H groups in total.